The van der Waals surface area contributed by atoms with Crippen LogP contribution in [-0.4, -0.2) is 74.3 Å². The first kappa shape index (κ1) is 32.1. The molecule has 0 saturated heterocycles. The van der Waals surface area contributed by atoms with Crippen LogP contribution < -0.4 is 21.7 Å². The Morgan fingerprint density at radius 1 is 0.833 bits per heavy atom. The van der Waals surface area contributed by atoms with E-state index < -0.39 is 54.0 Å². The number of benzene rings is 2. The van der Waals surface area contributed by atoms with Gasteiger partial charge in [-0.25, -0.2) is 4.79 Å². The minimum Gasteiger partial charge on any atom is -0.508 e. The minimum atomic E-state index is -1.32. The van der Waals surface area contributed by atoms with Gasteiger partial charge in [-0.2, -0.15) is 0 Å². The summed E-state index contributed by atoms with van der Waals surface area (Å²) in [4.78, 5) is 54.9. The van der Waals surface area contributed by atoms with E-state index in [2.05, 4.69) is 20.9 Å². The quantitative estimate of drug-likeness (QED) is 0.137. The SMILES string of the molecule is CC(C)CC(NC(=O)C(N)C(C)O)C(=O)NC(Cc1c[nH]c2ccccc12)C(=O)NC(Cc1ccc(O)cc1)C(=O)O. The Morgan fingerprint density at radius 3 is 2.05 bits per heavy atom. The maximum absolute atomic E-state index is 13.6. The van der Waals surface area contributed by atoms with Gasteiger partial charge in [0.15, 0.2) is 0 Å². The van der Waals surface area contributed by atoms with E-state index in [0.29, 0.717) is 5.56 Å². The monoisotopic (exact) mass is 581 g/mol. The summed E-state index contributed by atoms with van der Waals surface area (Å²) >= 11 is 0. The normalized spacial score (nSPS) is 14.9. The Labute approximate surface area is 243 Å². The number of aliphatic carboxylic acids is 1. The number of aliphatic hydroxyl groups excluding tert-OH is 1. The van der Waals surface area contributed by atoms with E-state index in [0.717, 1.165) is 16.5 Å². The molecule has 3 aromatic rings. The van der Waals surface area contributed by atoms with Gasteiger partial charge in [0.2, 0.25) is 17.7 Å². The van der Waals surface area contributed by atoms with Crippen LogP contribution in [0.2, 0.25) is 0 Å². The summed E-state index contributed by atoms with van der Waals surface area (Å²) in [6.07, 6.45) is 0.775. The van der Waals surface area contributed by atoms with Crippen molar-refractivity contribution in [2.45, 2.75) is 70.3 Å². The van der Waals surface area contributed by atoms with Crippen LogP contribution in [0, 0.1) is 5.92 Å². The molecule has 12 heteroatoms. The molecule has 3 amide bonds. The van der Waals surface area contributed by atoms with Crippen molar-refractivity contribution in [3.8, 4) is 5.75 Å². The number of nitrogens with one attached hydrogen (secondary N) is 4. The fourth-order valence-corrected chi connectivity index (χ4v) is 4.53. The largest absolute Gasteiger partial charge is 0.508 e. The third kappa shape index (κ3) is 8.79. The van der Waals surface area contributed by atoms with Gasteiger partial charge in [0.1, 0.15) is 29.9 Å². The molecule has 0 fully saturated rings. The highest BCUT2D eigenvalue weighted by molar-refractivity contribution is 5.95. The fourth-order valence-electron chi connectivity index (χ4n) is 4.53. The summed E-state index contributed by atoms with van der Waals surface area (Å²) in [5.74, 6) is -3.37. The molecule has 5 unspecified atom stereocenters. The lowest BCUT2D eigenvalue weighted by Crippen LogP contribution is -2.58. The van der Waals surface area contributed by atoms with Gasteiger partial charge < -0.3 is 42.0 Å². The number of rotatable bonds is 14. The van der Waals surface area contributed by atoms with E-state index in [9.17, 15) is 34.5 Å². The van der Waals surface area contributed by atoms with Gasteiger partial charge in [-0.05, 0) is 48.6 Å². The zero-order valence-corrected chi connectivity index (χ0v) is 23.8. The first-order valence-electron chi connectivity index (χ1n) is 13.8. The molecule has 0 saturated carbocycles. The predicted molar refractivity (Wildman–Crippen MR) is 156 cm³/mol. The molecule has 0 aliphatic carbocycles. The first-order chi connectivity index (χ1) is 19.8. The topological polar surface area (TPSA) is 207 Å². The maximum atomic E-state index is 13.6. The molecule has 0 bridgehead atoms. The molecule has 1 aromatic heterocycles. The number of aromatic hydroxyl groups is 1. The van der Waals surface area contributed by atoms with E-state index in [1.807, 2.05) is 38.1 Å². The standard InChI is InChI=1S/C30H39N5O7/c1-16(2)12-23(34-29(40)26(31)17(3)36)27(38)33-24(14-19-15-32-22-7-5-4-6-21(19)22)28(39)35-25(30(41)42)13-18-8-10-20(37)11-9-18/h4-11,15-17,23-26,32,36-37H,12-14,31H2,1-3H3,(H,33,38)(H,34,40)(H,35,39)(H,41,42). The van der Waals surface area contributed by atoms with Crippen molar-refractivity contribution in [2.75, 3.05) is 0 Å². The van der Waals surface area contributed by atoms with E-state index >= 15 is 0 Å². The Hall–Kier alpha value is -4.42. The fraction of sp³-hybridized carbons (Fsp3) is 0.400. The molecule has 0 radical (unpaired) electrons. The zero-order chi connectivity index (χ0) is 31.0. The number of nitrogens with two attached hydrogens (primary N) is 1. The van der Waals surface area contributed by atoms with Crippen LogP contribution in [0.1, 0.15) is 38.3 Å². The molecule has 2 aromatic carbocycles. The van der Waals surface area contributed by atoms with Gasteiger partial charge in [-0.1, -0.05) is 44.2 Å². The highest BCUT2D eigenvalue weighted by Crippen LogP contribution is 2.20. The molecule has 12 nitrogen and oxygen atoms in total. The lowest BCUT2D eigenvalue weighted by atomic mass is 9.99. The Bertz CT molecular complexity index is 1390. The van der Waals surface area contributed by atoms with Gasteiger partial charge in [0.25, 0.3) is 0 Å². The lowest BCUT2D eigenvalue weighted by molar-refractivity contribution is -0.142. The number of aromatic amines is 1. The number of aromatic nitrogens is 1. The average Bonchev–Trinajstić information content (AvgIpc) is 3.34. The first-order valence-corrected chi connectivity index (χ1v) is 13.8. The molecule has 226 valence electrons. The van der Waals surface area contributed by atoms with E-state index in [1.54, 1.807) is 18.3 Å². The Balaban J connectivity index is 1.87. The van der Waals surface area contributed by atoms with E-state index in [-0.39, 0.29) is 30.9 Å². The molecule has 3 rings (SSSR count). The highest BCUT2D eigenvalue weighted by atomic mass is 16.4. The minimum absolute atomic E-state index is 0.0218. The van der Waals surface area contributed by atoms with Crippen LogP contribution in [-0.2, 0) is 32.0 Å². The van der Waals surface area contributed by atoms with Gasteiger partial charge >= 0.3 is 5.97 Å². The number of hydrogen-bond donors (Lipinski definition) is 8. The van der Waals surface area contributed by atoms with Crippen molar-refractivity contribution in [1.82, 2.24) is 20.9 Å². The van der Waals surface area contributed by atoms with Crippen LogP contribution in [0.4, 0.5) is 0 Å². The predicted octanol–water partition coefficient (Wildman–Crippen LogP) is 0.952. The molecule has 9 N–H and O–H groups in total. The molecular weight excluding hydrogens is 542 g/mol. The summed E-state index contributed by atoms with van der Waals surface area (Å²) in [6.45, 7) is 5.08. The molecule has 0 aliphatic heterocycles. The van der Waals surface area contributed by atoms with E-state index in [4.69, 9.17) is 5.73 Å². The second-order valence-electron chi connectivity index (χ2n) is 10.9. The van der Waals surface area contributed by atoms with Crippen molar-refractivity contribution in [2.24, 2.45) is 11.7 Å². The van der Waals surface area contributed by atoms with Crippen molar-refractivity contribution in [3.05, 3.63) is 65.9 Å². The zero-order valence-electron chi connectivity index (χ0n) is 23.8. The maximum Gasteiger partial charge on any atom is 0.326 e. The number of phenolic OH excluding ortho intramolecular Hbond substituents is 1. The number of H-pyrrole nitrogens is 1. The number of fused-ring (bicyclic) bond motifs is 1. The second kappa shape index (κ2) is 14.5. The Kier molecular flexibility index (Phi) is 11.1. The molecule has 1 heterocycles. The number of aliphatic hydroxyl groups is 1. The summed E-state index contributed by atoms with van der Waals surface area (Å²) in [7, 11) is 0. The number of amides is 3. The molecule has 0 spiro atoms. The molecular formula is C30H39N5O7. The van der Waals surface area contributed by atoms with Crippen LogP contribution >= 0.6 is 0 Å². The second-order valence-corrected chi connectivity index (χ2v) is 10.9. The molecule has 5 atom stereocenters. The van der Waals surface area contributed by atoms with Crippen LogP contribution in [0.5, 0.6) is 5.75 Å². The van der Waals surface area contributed by atoms with Gasteiger partial charge in [-0.15, -0.1) is 0 Å². The van der Waals surface area contributed by atoms with E-state index in [1.165, 1.54) is 19.1 Å². The van der Waals surface area contributed by atoms with Crippen molar-refractivity contribution < 1.29 is 34.5 Å². The average molecular weight is 582 g/mol. The van der Waals surface area contributed by atoms with Crippen molar-refractivity contribution in [3.63, 3.8) is 0 Å². The van der Waals surface area contributed by atoms with Crippen LogP contribution in [0.15, 0.2) is 54.7 Å². The summed E-state index contributed by atoms with van der Waals surface area (Å²) in [6, 6.07) is 8.53. The molecule has 42 heavy (non-hydrogen) atoms. The number of phenols is 1. The lowest BCUT2D eigenvalue weighted by Gasteiger charge is -2.26. The van der Waals surface area contributed by atoms with Gasteiger partial charge in [0, 0.05) is 29.9 Å². The summed E-state index contributed by atoms with van der Waals surface area (Å²) in [5, 5.41) is 37.7. The van der Waals surface area contributed by atoms with Crippen LogP contribution in [0.25, 0.3) is 10.9 Å². The molecule has 0 aliphatic rings. The van der Waals surface area contributed by atoms with Gasteiger partial charge in [0.05, 0.1) is 6.10 Å². The van der Waals surface area contributed by atoms with Crippen LogP contribution in [0.3, 0.4) is 0 Å². The third-order valence-corrected chi connectivity index (χ3v) is 6.89. The number of carboxylic acid groups (broad SMARTS) is 1. The summed E-state index contributed by atoms with van der Waals surface area (Å²) < 4.78 is 0. The van der Waals surface area contributed by atoms with Crippen molar-refractivity contribution in [1.29, 1.82) is 0 Å². The Morgan fingerprint density at radius 2 is 1.43 bits per heavy atom. The van der Waals surface area contributed by atoms with Gasteiger partial charge in [-0.3, -0.25) is 14.4 Å². The number of para-hydroxylation sites is 1. The smallest absolute Gasteiger partial charge is 0.326 e. The number of carbonyl (C=O) groups excluding carboxylic acids is 3. The summed E-state index contributed by atoms with van der Waals surface area (Å²) in [5.41, 5.74) is 7.88. The number of hydrogen-bond acceptors (Lipinski definition) is 7. The third-order valence-electron chi connectivity index (χ3n) is 6.89. The van der Waals surface area contributed by atoms with Crippen molar-refractivity contribution >= 4 is 34.6 Å². The number of carbonyl (C=O) groups is 4. The number of carboxylic acids is 1. The highest BCUT2D eigenvalue weighted by Gasteiger charge is 2.32.